The van der Waals surface area contributed by atoms with E-state index < -0.39 is 11.9 Å². The van der Waals surface area contributed by atoms with E-state index in [1.54, 1.807) is 16.7 Å². The molecule has 0 aliphatic heterocycles. The molecule has 1 N–H and O–H groups in total. The number of hydrogen-bond donors (Lipinski definition) is 1. The summed E-state index contributed by atoms with van der Waals surface area (Å²) in [6, 6.07) is -0.0541. The minimum atomic E-state index is -0.863. The molecule has 0 bridgehead atoms. The van der Waals surface area contributed by atoms with Gasteiger partial charge in [-0.25, -0.2) is 4.79 Å². The molecule has 0 aromatic rings. The number of rotatable bonds is 8. The topological polar surface area (TPSA) is 60.9 Å². The zero-order valence-corrected chi connectivity index (χ0v) is 12.0. The first-order valence-corrected chi connectivity index (χ1v) is 6.74. The highest BCUT2D eigenvalue weighted by Gasteiger charge is 2.22. The zero-order valence-electron chi connectivity index (χ0n) is 12.0. The van der Waals surface area contributed by atoms with Gasteiger partial charge in [-0.3, -0.25) is 4.79 Å². The summed E-state index contributed by atoms with van der Waals surface area (Å²) >= 11 is 0. The predicted molar refractivity (Wildman–Crippen MR) is 71.6 cm³/mol. The van der Waals surface area contributed by atoms with Crippen LogP contribution in [-0.2, 0) is 4.79 Å². The van der Waals surface area contributed by atoms with Crippen molar-refractivity contribution in [1.82, 2.24) is 9.80 Å². The molecule has 1 atom stereocenters. The Morgan fingerprint density at radius 1 is 1.11 bits per heavy atom. The van der Waals surface area contributed by atoms with E-state index in [0.717, 1.165) is 19.4 Å². The number of carboxylic acid groups (broad SMARTS) is 1. The first-order chi connectivity index (χ1) is 8.47. The Hall–Kier alpha value is -1.26. The second kappa shape index (κ2) is 8.78. The van der Waals surface area contributed by atoms with Crippen LogP contribution in [0.25, 0.3) is 0 Å². The first-order valence-electron chi connectivity index (χ1n) is 6.74. The average molecular weight is 258 g/mol. The van der Waals surface area contributed by atoms with Crippen LogP contribution in [0.3, 0.4) is 0 Å². The molecule has 2 amide bonds. The maximum Gasteiger partial charge on any atom is 0.320 e. The van der Waals surface area contributed by atoms with Crippen LogP contribution in [0.15, 0.2) is 0 Å². The normalized spacial score (nSPS) is 12.0. The summed E-state index contributed by atoms with van der Waals surface area (Å²) in [6.45, 7) is 9.75. The van der Waals surface area contributed by atoms with Gasteiger partial charge in [-0.1, -0.05) is 20.3 Å². The average Bonchev–Trinajstić information content (AvgIpc) is 2.35. The predicted octanol–water partition coefficient (Wildman–Crippen LogP) is 2.27. The molecule has 0 aromatic heterocycles. The molecule has 0 saturated heterocycles. The maximum atomic E-state index is 12.2. The second-order valence-electron chi connectivity index (χ2n) is 4.49. The third-order valence-corrected chi connectivity index (χ3v) is 3.00. The molecule has 0 aliphatic rings. The van der Waals surface area contributed by atoms with Crippen LogP contribution in [0.5, 0.6) is 0 Å². The lowest BCUT2D eigenvalue weighted by Crippen LogP contribution is -2.46. The number of urea groups is 1. The highest BCUT2D eigenvalue weighted by Crippen LogP contribution is 2.06. The van der Waals surface area contributed by atoms with Gasteiger partial charge in [0.2, 0.25) is 0 Å². The van der Waals surface area contributed by atoms with E-state index in [-0.39, 0.29) is 12.6 Å². The van der Waals surface area contributed by atoms with Gasteiger partial charge in [0.25, 0.3) is 0 Å². The summed E-state index contributed by atoms with van der Waals surface area (Å²) in [7, 11) is 0. The Bertz CT molecular complexity index is 269. The fourth-order valence-electron chi connectivity index (χ4n) is 1.69. The highest BCUT2D eigenvalue weighted by atomic mass is 16.4. The molecule has 0 fully saturated rings. The van der Waals surface area contributed by atoms with Crippen molar-refractivity contribution in [2.24, 2.45) is 5.92 Å². The van der Waals surface area contributed by atoms with E-state index in [9.17, 15) is 9.59 Å². The lowest BCUT2D eigenvalue weighted by Gasteiger charge is -2.30. The van der Waals surface area contributed by atoms with E-state index in [2.05, 4.69) is 6.92 Å². The summed E-state index contributed by atoms with van der Waals surface area (Å²) in [5, 5.41) is 8.89. The van der Waals surface area contributed by atoms with Gasteiger partial charge in [0.05, 0.1) is 5.92 Å². The van der Waals surface area contributed by atoms with Crippen molar-refractivity contribution >= 4 is 12.0 Å². The van der Waals surface area contributed by atoms with Crippen molar-refractivity contribution in [1.29, 1.82) is 0 Å². The Balaban J connectivity index is 4.51. The van der Waals surface area contributed by atoms with Crippen molar-refractivity contribution in [3.8, 4) is 0 Å². The molecule has 0 heterocycles. The minimum absolute atomic E-state index is 0.0541. The van der Waals surface area contributed by atoms with Crippen LogP contribution in [0.4, 0.5) is 4.79 Å². The number of hydrogen-bond acceptors (Lipinski definition) is 2. The van der Waals surface area contributed by atoms with Crippen LogP contribution in [-0.4, -0.2) is 53.1 Å². The maximum absolute atomic E-state index is 12.2. The minimum Gasteiger partial charge on any atom is -0.481 e. The largest absolute Gasteiger partial charge is 0.481 e. The molecule has 0 radical (unpaired) electrons. The Kier molecular flexibility index (Phi) is 8.16. The first kappa shape index (κ1) is 16.7. The number of nitrogens with zero attached hydrogens (tertiary/aromatic N) is 2. The Labute approximate surface area is 110 Å². The van der Waals surface area contributed by atoms with Crippen molar-refractivity contribution in [3.63, 3.8) is 0 Å². The summed E-state index contributed by atoms with van der Waals surface area (Å²) < 4.78 is 0. The number of aliphatic carboxylic acids is 1. The molecule has 0 aliphatic carbocycles. The molecular formula is C13H26N2O3. The number of carbonyl (C=O) groups excluding carboxylic acids is 1. The van der Waals surface area contributed by atoms with Gasteiger partial charge in [-0.05, 0) is 20.3 Å². The molecule has 1 unspecified atom stereocenters. The monoisotopic (exact) mass is 258 g/mol. The number of amides is 2. The summed E-state index contributed by atoms with van der Waals surface area (Å²) in [6.07, 6.45) is 2.02. The molecule has 0 spiro atoms. The summed E-state index contributed by atoms with van der Waals surface area (Å²) in [5.41, 5.74) is 0. The van der Waals surface area contributed by atoms with Gasteiger partial charge < -0.3 is 14.9 Å². The standard InChI is InChI=1S/C13H26N2O3/c1-5-8-9-14(6-2)13(18)15(7-3)10-11(4)12(16)17/h11H,5-10H2,1-4H3,(H,16,17). The second-order valence-corrected chi connectivity index (χ2v) is 4.49. The summed E-state index contributed by atoms with van der Waals surface area (Å²) in [5.74, 6) is -1.39. The van der Waals surface area contributed by atoms with E-state index >= 15 is 0 Å². The van der Waals surface area contributed by atoms with Crippen LogP contribution in [0.1, 0.15) is 40.5 Å². The van der Waals surface area contributed by atoms with E-state index in [1.165, 1.54) is 0 Å². The van der Waals surface area contributed by atoms with Crippen LogP contribution >= 0.6 is 0 Å². The number of carboxylic acids is 1. The van der Waals surface area contributed by atoms with Crippen molar-refractivity contribution in [2.45, 2.75) is 40.5 Å². The molecule has 0 saturated carbocycles. The lowest BCUT2D eigenvalue weighted by molar-refractivity contribution is -0.141. The van der Waals surface area contributed by atoms with Gasteiger partial charge in [0.15, 0.2) is 0 Å². The number of carbonyl (C=O) groups is 2. The van der Waals surface area contributed by atoms with Gasteiger partial charge in [0.1, 0.15) is 0 Å². The Morgan fingerprint density at radius 2 is 1.67 bits per heavy atom. The van der Waals surface area contributed by atoms with E-state index in [4.69, 9.17) is 5.11 Å². The van der Waals surface area contributed by atoms with Gasteiger partial charge in [0, 0.05) is 26.2 Å². The highest BCUT2D eigenvalue weighted by molar-refractivity contribution is 5.76. The fourth-order valence-corrected chi connectivity index (χ4v) is 1.69. The lowest BCUT2D eigenvalue weighted by atomic mass is 10.2. The quantitative estimate of drug-likeness (QED) is 0.726. The van der Waals surface area contributed by atoms with E-state index in [0.29, 0.717) is 13.1 Å². The Morgan fingerprint density at radius 3 is 2.06 bits per heavy atom. The third kappa shape index (κ3) is 5.38. The van der Waals surface area contributed by atoms with Crippen molar-refractivity contribution in [3.05, 3.63) is 0 Å². The molecular weight excluding hydrogens is 232 g/mol. The molecule has 18 heavy (non-hydrogen) atoms. The SMILES string of the molecule is CCCCN(CC)C(=O)N(CC)CC(C)C(=O)O. The molecule has 5 nitrogen and oxygen atoms in total. The summed E-state index contributed by atoms with van der Waals surface area (Å²) in [4.78, 5) is 26.4. The van der Waals surface area contributed by atoms with Gasteiger partial charge >= 0.3 is 12.0 Å². The molecule has 5 heteroatoms. The molecule has 0 aromatic carbocycles. The van der Waals surface area contributed by atoms with E-state index in [1.807, 2.05) is 13.8 Å². The number of unbranched alkanes of at least 4 members (excludes halogenated alkanes) is 1. The van der Waals surface area contributed by atoms with Crippen LogP contribution in [0, 0.1) is 5.92 Å². The van der Waals surface area contributed by atoms with Crippen LogP contribution in [0.2, 0.25) is 0 Å². The van der Waals surface area contributed by atoms with Crippen LogP contribution < -0.4 is 0 Å². The van der Waals surface area contributed by atoms with Crippen molar-refractivity contribution < 1.29 is 14.7 Å². The molecule has 106 valence electrons. The fraction of sp³-hybridized carbons (Fsp3) is 0.846. The third-order valence-electron chi connectivity index (χ3n) is 3.00. The van der Waals surface area contributed by atoms with Crippen molar-refractivity contribution in [2.75, 3.05) is 26.2 Å². The van der Waals surface area contributed by atoms with Gasteiger partial charge in [-0.15, -0.1) is 0 Å². The molecule has 0 rings (SSSR count). The van der Waals surface area contributed by atoms with Gasteiger partial charge in [-0.2, -0.15) is 0 Å². The smallest absolute Gasteiger partial charge is 0.320 e. The zero-order chi connectivity index (χ0) is 14.1.